The van der Waals surface area contributed by atoms with E-state index in [9.17, 15) is 4.79 Å². The topological polar surface area (TPSA) is 45.5 Å². The molecule has 0 atom stereocenters. The van der Waals surface area contributed by atoms with E-state index < -0.39 is 0 Å². The van der Waals surface area contributed by atoms with Gasteiger partial charge >= 0.3 is 0 Å². The zero-order valence-corrected chi connectivity index (χ0v) is 11.5. The van der Waals surface area contributed by atoms with Gasteiger partial charge in [-0.15, -0.1) is 0 Å². The van der Waals surface area contributed by atoms with Gasteiger partial charge in [0, 0.05) is 37.2 Å². The number of carbonyl (C=O) groups excluding carboxylic acids is 1. The summed E-state index contributed by atoms with van der Waals surface area (Å²) in [6, 6.07) is 8.13. The van der Waals surface area contributed by atoms with Crippen LogP contribution in [-0.2, 0) is 17.8 Å². The molecule has 4 heteroatoms. The lowest BCUT2D eigenvalue weighted by Crippen LogP contribution is -2.30. The normalized spacial score (nSPS) is 10.9. The molecule has 1 amide bonds. The number of para-hydroxylation sites is 1. The number of aryl methyl sites for hydroxylation is 1. The number of hydrogen-bond acceptors (Lipinski definition) is 2. The van der Waals surface area contributed by atoms with E-state index in [0.29, 0.717) is 13.0 Å². The highest BCUT2D eigenvalue weighted by Gasteiger charge is 2.13. The molecule has 0 aliphatic rings. The Morgan fingerprint density at radius 2 is 2.11 bits per heavy atom. The van der Waals surface area contributed by atoms with Gasteiger partial charge in [0.1, 0.15) is 0 Å². The van der Waals surface area contributed by atoms with Gasteiger partial charge in [0.2, 0.25) is 5.91 Å². The summed E-state index contributed by atoms with van der Waals surface area (Å²) in [6.07, 6.45) is 2.43. The Bertz CT molecular complexity index is 575. The van der Waals surface area contributed by atoms with Gasteiger partial charge in [0.25, 0.3) is 0 Å². The molecule has 1 N–H and O–H groups in total. The van der Waals surface area contributed by atoms with E-state index in [1.54, 1.807) is 11.9 Å². The first-order valence-corrected chi connectivity index (χ1v) is 6.59. The number of aromatic nitrogens is 1. The van der Waals surface area contributed by atoms with Crippen LogP contribution < -0.4 is 0 Å². The Morgan fingerprint density at radius 3 is 2.79 bits per heavy atom. The molecule has 0 unspecified atom stereocenters. The van der Waals surface area contributed by atoms with Gasteiger partial charge in [-0.3, -0.25) is 4.79 Å². The third kappa shape index (κ3) is 2.79. The molecule has 1 aromatic heterocycles. The highest BCUT2D eigenvalue weighted by Crippen LogP contribution is 2.22. The predicted octanol–water partition coefficient (Wildman–Crippen LogP) is 1.65. The van der Waals surface area contributed by atoms with Crippen LogP contribution >= 0.6 is 0 Å². The minimum atomic E-state index is -0.00103. The van der Waals surface area contributed by atoms with E-state index in [1.807, 2.05) is 12.1 Å². The fraction of sp³-hybridized carbons (Fsp3) is 0.400. The summed E-state index contributed by atoms with van der Waals surface area (Å²) in [7, 11) is 1.72. The minimum absolute atomic E-state index is 0.00103. The van der Waals surface area contributed by atoms with Crippen LogP contribution in [0.1, 0.15) is 12.5 Å². The molecule has 0 saturated carbocycles. The summed E-state index contributed by atoms with van der Waals surface area (Å²) in [5.74, 6) is 0.0352. The van der Waals surface area contributed by atoms with Crippen molar-refractivity contribution in [2.24, 2.45) is 0 Å². The second kappa shape index (κ2) is 5.89. The van der Waals surface area contributed by atoms with Crippen LogP contribution in [0.15, 0.2) is 30.5 Å². The number of amides is 1. The fourth-order valence-corrected chi connectivity index (χ4v) is 2.30. The molecule has 2 aromatic rings. The lowest BCUT2D eigenvalue weighted by atomic mass is 10.1. The van der Waals surface area contributed by atoms with Crippen molar-refractivity contribution in [3.8, 4) is 0 Å². The standard InChI is InChI=1S/C15H20N2O2/c1-3-17-11-12(10-15(19)16(2)8-9-18)13-6-4-5-7-14(13)17/h4-7,11,18H,3,8-10H2,1-2H3. The number of nitrogens with zero attached hydrogens (tertiary/aromatic N) is 2. The zero-order valence-electron chi connectivity index (χ0n) is 11.5. The van der Waals surface area contributed by atoms with Gasteiger partial charge in [-0.25, -0.2) is 0 Å². The quantitative estimate of drug-likeness (QED) is 0.888. The van der Waals surface area contributed by atoms with Crippen LogP contribution in [0.4, 0.5) is 0 Å². The molecule has 0 saturated heterocycles. The lowest BCUT2D eigenvalue weighted by Gasteiger charge is -2.15. The third-order valence-corrected chi connectivity index (χ3v) is 3.41. The molecular formula is C15H20N2O2. The SMILES string of the molecule is CCn1cc(CC(=O)N(C)CCO)c2ccccc21. The molecule has 0 radical (unpaired) electrons. The number of carbonyl (C=O) groups is 1. The molecule has 2 rings (SSSR count). The number of aliphatic hydroxyl groups excluding tert-OH is 1. The number of rotatable bonds is 5. The highest BCUT2D eigenvalue weighted by molar-refractivity contribution is 5.89. The van der Waals surface area contributed by atoms with Crippen molar-refractivity contribution in [3.05, 3.63) is 36.0 Å². The van der Waals surface area contributed by atoms with Crippen molar-refractivity contribution in [1.29, 1.82) is 0 Å². The van der Waals surface area contributed by atoms with E-state index in [-0.39, 0.29) is 12.5 Å². The maximum absolute atomic E-state index is 12.0. The number of aliphatic hydroxyl groups is 1. The Morgan fingerprint density at radius 1 is 1.37 bits per heavy atom. The second-order valence-electron chi connectivity index (χ2n) is 4.67. The molecule has 19 heavy (non-hydrogen) atoms. The first kappa shape index (κ1) is 13.6. The predicted molar refractivity (Wildman–Crippen MR) is 76.0 cm³/mol. The van der Waals surface area contributed by atoms with Gasteiger partial charge in [-0.2, -0.15) is 0 Å². The molecule has 0 fully saturated rings. The average molecular weight is 260 g/mol. The third-order valence-electron chi connectivity index (χ3n) is 3.41. The van der Waals surface area contributed by atoms with Gasteiger partial charge in [-0.05, 0) is 18.6 Å². The van der Waals surface area contributed by atoms with Crippen LogP contribution in [-0.4, -0.2) is 40.7 Å². The Labute approximate surface area is 113 Å². The zero-order chi connectivity index (χ0) is 13.8. The monoisotopic (exact) mass is 260 g/mol. The maximum atomic E-state index is 12.0. The van der Waals surface area contributed by atoms with E-state index in [0.717, 1.165) is 23.0 Å². The molecule has 0 bridgehead atoms. The van der Waals surface area contributed by atoms with Crippen molar-refractivity contribution in [2.45, 2.75) is 19.9 Å². The highest BCUT2D eigenvalue weighted by atomic mass is 16.3. The second-order valence-corrected chi connectivity index (χ2v) is 4.67. The van der Waals surface area contributed by atoms with E-state index >= 15 is 0 Å². The van der Waals surface area contributed by atoms with Crippen molar-refractivity contribution in [3.63, 3.8) is 0 Å². The smallest absolute Gasteiger partial charge is 0.226 e. The molecule has 0 aliphatic carbocycles. The van der Waals surface area contributed by atoms with Crippen LogP contribution in [0.3, 0.4) is 0 Å². The largest absolute Gasteiger partial charge is 0.395 e. The van der Waals surface area contributed by atoms with Gasteiger partial charge in [0.15, 0.2) is 0 Å². The average Bonchev–Trinajstić information content (AvgIpc) is 2.77. The maximum Gasteiger partial charge on any atom is 0.226 e. The molecule has 1 heterocycles. The van der Waals surface area contributed by atoms with Crippen molar-refractivity contribution in [1.82, 2.24) is 9.47 Å². The Kier molecular flexibility index (Phi) is 4.22. The summed E-state index contributed by atoms with van der Waals surface area (Å²) < 4.78 is 2.16. The summed E-state index contributed by atoms with van der Waals surface area (Å²) in [6.45, 7) is 3.36. The van der Waals surface area contributed by atoms with Gasteiger partial charge in [-0.1, -0.05) is 18.2 Å². The van der Waals surface area contributed by atoms with E-state index in [2.05, 4.69) is 29.8 Å². The fourth-order valence-electron chi connectivity index (χ4n) is 2.30. The van der Waals surface area contributed by atoms with Crippen molar-refractivity contribution < 1.29 is 9.90 Å². The minimum Gasteiger partial charge on any atom is -0.395 e. The van der Waals surface area contributed by atoms with Crippen LogP contribution in [0.2, 0.25) is 0 Å². The van der Waals surface area contributed by atoms with E-state index in [1.165, 1.54) is 0 Å². The van der Waals surface area contributed by atoms with Gasteiger partial charge < -0.3 is 14.6 Å². The van der Waals surface area contributed by atoms with Crippen LogP contribution in [0, 0.1) is 0 Å². The number of hydrogen-bond donors (Lipinski definition) is 1. The molecular weight excluding hydrogens is 240 g/mol. The first-order chi connectivity index (χ1) is 9.17. The summed E-state index contributed by atoms with van der Waals surface area (Å²) in [4.78, 5) is 13.6. The summed E-state index contributed by atoms with van der Waals surface area (Å²) >= 11 is 0. The molecule has 0 spiro atoms. The molecule has 1 aromatic carbocycles. The van der Waals surface area contributed by atoms with Gasteiger partial charge in [0.05, 0.1) is 13.0 Å². The van der Waals surface area contributed by atoms with Crippen molar-refractivity contribution in [2.75, 3.05) is 20.2 Å². The Hall–Kier alpha value is -1.81. The molecule has 4 nitrogen and oxygen atoms in total. The van der Waals surface area contributed by atoms with Crippen LogP contribution in [0.5, 0.6) is 0 Å². The molecule has 102 valence electrons. The number of benzene rings is 1. The van der Waals surface area contributed by atoms with E-state index in [4.69, 9.17) is 5.11 Å². The lowest BCUT2D eigenvalue weighted by molar-refractivity contribution is -0.129. The van der Waals surface area contributed by atoms with Crippen LogP contribution in [0.25, 0.3) is 10.9 Å². The first-order valence-electron chi connectivity index (χ1n) is 6.59. The summed E-state index contributed by atoms with van der Waals surface area (Å²) in [5, 5.41) is 10.0. The number of likely N-dealkylation sites (N-methyl/N-ethyl adjacent to an activating group) is 1. The Balaban J connectivity index is 2.28. The molecule has 0 aliphatic heterocycles. The van der Waals surface area contributed by atoms with Crippen molar-refractivity contribution >= 4 is 16.8 Å². The summed E-state index contributed by atoms with van der Waals surface area (Å²) in [5.41, 5.74) is 2.21. The number of fused-ring (bicyclic) bond motifs is 1.